The lowest BCUT2D eigenvalue weighted by Crippen LogP contribution is -2.70. The highest BCUT2D eigenvalue weighted by molar-refractivity contribution is 8.00. The maximum absolute atomic E-state index is 12.8. The second-order valence-electron chi connectivity index (χ2n) is 6.75. The van der Waals surface area contributed by atoms with Crippen LogP contribution in [0, 0.1) is 0 Å². The van der Waals surface area contributed by atoms with E-state index in [1.165, 1.54) is 23.8 Å². The van der Waals surface area contributed by atoms with E-state index in [9.17, 15) is 19.2 Å². The zero-order valence-corrected chi connectivity index (χ0v) is 19.7. The van der Waals surface area contributed by atoms with Crippen LogP contribution in [0.2, 0.25) is 0 Å². The van der Waals surface area contributed by atoms with E-state index >= 15 is 0 Å². The molecule has 3 N–H and O–H groups in total. The number of esters is 2. The van der Waals surface area contributed by atoms with E-state index in [4.69, 9.17) is 20.0 Å². The average Bonchev–Trinajstić information content (AvgIpc) is 3.24. The number of hydrogen-bond acceptors (Lipinski definition) is 12. The molecule has 3 heterocycles. The predicted molar refractivity (Wildman–Crippen MR) is 120 cm³/mol. The van der Waals surface area contributed by atoms with Gasteiger partial charge in [0.05, 0.1) is 0 Å². The molecular weight excluding hydrogens is 474 g/mol. The number of amides is 2. The fourth-order valence-corrected chi connectivity index (χ4v) is 4.77. The molecule has 2 amide bonds. The summed E-state index contributed by atoms with van der Waals surface area (Å²) >= 11 is 2.50. The van der Waals surface area contributed by atoms with Crippen molar-refractivity contribution in [2.24, 2.45) is 5.16 Å². The van der Waals surface area contributed by atoms with E-state index in [0.717, 1.165) is 11.3 Å². The highest BCUT2D eigenvalue weighted by Crippen LogP contribution is 2.38. The van der Waals surface area contributed by atoms with Crippen molar-refractivity contribution in [3.05, 3.63) is 22.8 Å². The van der Waals surface area contributed by atoms with Gasteiger partial charge in [0, 0.05) is 24.0 Å². The largest absolute Gasteiger partial charge is 0.425 e. The topological polar surface area (TPSA) is 163 Å². The van der Waals surface area contributed by atoms with Gasteiger partial charge in [-0.05, 0) is 6.08 Å². The Balaban J connectivity index is 1.67. The number of ether oxygens (including phenoxy) is 2. The molecule has 1 aromatic heterocycles. The molecule has 0 spiro atoms. The van der Waals surface area contributed by atoms with Crippen LogP contribution in [0.1, 0.15) is 32.4 Å². The number of anilines is 1. The monoisotopic (exact) mass is 497 g/mol. The van der Waals surface area contributed by atoms with Crippen molar-refractivity contribution in [3.63, 3.8) is 0 Å². The zero-order valence-electron chi connectivity index (χ0n) is 18.1. The molecule has 3 rings (SSSR count). The quantitative estimate of drug-likeness (QED) is 0.162. The predicted octanol–water partition coefficient (Wildman–Crippen LogP) is 0.592. The van der Waals surface area contributed by atoms with E-state index in [1.807, 2.05) is 0 Å². The van der Waals surface area contributed by atoms with E-state index < -0.39 is 41.5 Å². The summed E-state index contributed by atoms with van der Waals surface area (Å²) in [4.78, 5) is 59.7. The molecule has 14 heteroatoms. The van der Waals surface area contributed by atoms with Gasteiger partial charge in [-0.25, -0.2) is 9.78 Å². The van der Waals surface area contributed by atoms with E-state index in [1.54, 1.807) is 25.3 Å². The zero-order chi connectivity index (χ0) is 24.1. The molecule has 3 atom stereocenters. The Hall–Kier alpha value is -3.13. The lowest BCUT2D eigenvalue weighted by Gasteiger charge is -2.48. The summed E-state index contributed by atoms with van der Waals surface area (Å²) < 4.78 is 10.3. The van der Waals surface area contributed by atoms with Crippen molar-refractivity contribution < 1.29 is 33.5 Å². The lowest BCUT2D eigenvalue weighted by atomic mass is 10.0. The van der Waals surface area contributed by atoms with Gasteiger partial charge in [-0.15, -0.1) is 23.1 Å². The number of carbonyl (C=O) groups excluding carboxylic acids is 4. The van der Waals surface area contributed by atoms with Crippen LogP contribution in [0.15, 0.2) is 22.3 Å². The smallest absolute Gasteiger partial charge is 0.357 e. The fourth-order valence-electron chi connectivity index (χ4n) is 3.03. The third kappa shape index (κ3) is 5.27. The van der Waals surface area contributed by atoms with Crippen molar-refractivity contribution in [3.8, 4) is 0 Å². The summed E-state index contributed by atoms with van der Waals surface area (Å²) in [6.45, 7) is 3.33. The van der Waals surface area contributed by atoms with Crippen LogP contribution in [0.3, 0.4) is 0 Å². The molecule has 0 bridgehead atoms. The van der Waals surface area contributed by atoms with E-state index in [2.05, 4.69) is 15.5 Å². The lowest BCUT2D eigenvalue weighted by molar-refractivity contribution is -0.187. The van der Waals surface area contributed by atoms with Crippen LogP contribution >= 0.6 is 23.1 Å². The van der Waals surface area contributed by atoms with E-state index in [-0.39, 0.29) is 35.1 Å². The molecular formula is C19H23N5O7S2. The summed E-state index contributed by atoms with van der Waals surface area (Å²) in [6.07, 6.45) is 0.912. The molecule has 2 unspecified atom stereocenters. The maximum Gasteiger partial charge on any atom is 0.357 e. The molecule has 0 aromatic carbocycles. The molecule has 0 radical (unpaired) electrons. The number of aromatic nitrogens is 1. The molecule has 1 aromatic rings. The Labute approximate surface area is 197 Å². The number of nitrogens with zero attached hydrogens (tertiary/aromatic N) is 3. The number of nitrogen functional groups attached to an aromatic ring is 1. The number of hydrogen-bond donors (Lipinski definition) is 2. The number of rotatable bonds is 9. The van der Waals surface area contributed by atoms with Crippen molar-refractivity contribution in [1.82, 2.24) is 15.2 Å². The SMILES string of the molecule is CCC(=O)OC(CC)OC(=O)C1=CCS[C@@H]2C(NC(=O)C(=NOC)c3csc(N)n3)C(=O)N12. The van der Waals surface area contributed by atoms with Gasteiger partial charge in [-0.1, -0.05) is 19.0 Å². The summed E-state index contributed by atoms with van der Waals surface area (Å²) in [5.74, 6) is -2.03. The third-order valence-electron chi connectivity index (χ3n) is 4.63. The maximum atomic E-state index is 12.8. The van der Waals surface area contributed by atoms with Gasteiger partial charge in [-0.2, -0.15) is 0 Å². The Morgan fingerprint density at radius 2 is 2.12 bits per heavy atom. The Morgan fingerprint density at radius 1 is 1.36 bits per heavy atom. The summed E-state index contributed by atoms with van der Waals surface area (Å²) in [5.41, 5.74) is 5.75. The Bertz CT molecular complexity index is 1010. The Morgan fingerprint density at radius 3 is 2.73 bits per heavy atom. The van der Waals surface area contributed by atoms with Crippen molar-refractivity contribution in [2.45, 2.75) is 44.4 Å². The minimum absolute atomic E-state index is 0.0401. The van der Waals surface area contributed by atoms with Crippen LogP contribution in [0.5, 0.6) is 0 Å². The molecule has 2 aliphatic rings. The normalized spacial score (nSPS) is 20.7. The standard InChI is InChI=1S/C19H23N5O7S2/c1-4-11(25)30-12(5-2)31-18(28)10-6-7-32-17-14(16(27)24(10)17)22-15(26)13(23-29-3)9-8-33-19(20)21-9/h6,8,12,14,17H,4-5,7H2,1-3H3,(H2,20,21)(H,22,26)/t12?,14?,17-/m1/s1. The van der Waals surface area contributed by atoms with Crippen LogP contribution in [-0.4, -0.2) is 69.9 Å². The van der Waals surface area contributed by atoms with Crippen LogP contribution in [0.4, 0.5) is 5.13 Å². The first-order valence-electron chi connectivity index (χ1n) is 9.99. The highest BCUT2D eigenvalue weighted by Gasteiger charge is 2.53. The second-order valence-corrected chi connectivity index (χ2v) is 8.79. The molecule has 2 aliphatic heterocycles. The highest BCUT2D eigenvalue weighted by atomic mass is 32.2. The minimum Gasteiger partial charge on any atom is -0.425 e. The summed E-state index contributed by atoms with van der Waals surface area (Å²) in [5, 5.41) is 7.59. The van der Waals surface area contributed by atoms with Gasteiger partial charge >= 0.3 is 11.9 Å². The van der Waals surface area contributed by atoms with Crippen LogP contribution < -0.4 is 11.1 Å². The third-order valence-corrected chi connectivity index (χ3v) is 6.49. The van der Waals surface area contributed by atoms with Gasteiger partial charge in [0.25, 0.3) is 11.8 Å². The molecule has 1 fully saturated rings. The van der Waals surface area contributed by atoms with Crippen molar-refractivity contribution >= 4 is 57.7 Å². The van der Waals surface area contributed by atoms with Gasteiger partial charge in [0.1, 0.15) is 29.9 Å². The fraction of sp³-hybridized carbons (Fsp3) is 0.474. The molecule has 178 valence electrons. The number of carbonyl (C=O) groups is 4. The summed E-state index contributed by atoms with van der Waals surface area (Å²) in [7, 11) is 1.28. The van der Waals surface area contributed by atoms with Crippen molar-refractivity contribution in [1.29, 1.82) is 0 Å². The number of thioether (sulfide) groups is 1. The number of fused-ring (bicyclic) bond motifs is 1. The second kappa shape index (κ2) is 10.7. The number of thiazole rings is 1. The van der Waals surface area contributed by atoms with Crippen molar-refractivity contribution in [2.75, 3.05) is 18.6 Å². The number of nitrogens with two attached hydrogens (primary N) is 1. The first-order chi connectivity index (χ1) is 15.8. The Kier molecular flexibility index (Phi) is 7.92. The molecule has 1 saturated heterocycles. The number of nitrogens with one attached hydrogen (secondary N) is 1. The number of β-lactam (4-membered cyclic amide) rings is 1. The first-order valence-corrected chi connectivity index (χ1v) is 11.9. The molecule has 0 saturated carbocycles. The molecule has 12 nitrogen and oxygen atoms in total. The van der Waals surface area contributed by atoms with Gasteiger partial charge in [0.15, 0.2) is 10.8 Å². The first kappa shape index (κ1) is 24.5. The minimum atomic E-state index is -1.05. The summed E-state index contributed by atoms with van der Waals surface area (Å²) in [6, 6.07) is -0.892. The number of oxime groups is 1. The van der Waals surface area contributed by atoms with Gasteiger partial charge < -0.3 is 25.4 Å². The van der Waals surface area contributed by atoms with E-state index in [0.29, 0.717) is 5.75 Å². The molecule has 0 aliphatic carbocycles. The van der Waals surface area contributed by atoms with Gasteiger partial charge in [0.2, 0.25) is 6.29 Å². The van der Waals surface area contributed by atoms with Crippen LogP contribution in [-0.2, 0) is 33.5 Å². The average molecular weight is 498 g/mol. The van der Waals surface area contributed by atoms with Crippen LogP contribution in [0.25, 0.3) is 0 Å². The van der Waals surface area contributed by atoms with Gasteiger partial charge in [-0.3, -0.25) is 19.3 Å². The molecule has 33 heavy (non-hydrogen) atoms.